The van der Waals surface area contributed by atoms with Gasteiger partial charge in [0.2, 0.25) is 0 Å². The summed E-state index contributed by atoms with van der Waals surface area (Å²) in [5, 5.41) is 0. The van der Waals surface area contributed by atoms with Gasteiger partial charge in [-0.3, -0.25) is 4.18 Å². The zero-order chi connectivity index (χ0) is 19.7. The van der Waals surface area contributed by atoms with E-state index in [1.54, 1.807) is 24.3 Å². The molecule has 3 aromatic rings. The summed E-state index contributed by atoms with van der Waals surface area (Å²) in [5.74, 6) is 0.813. The lowest BCUT2D eigenvalue weighted by atomic mass is 10.00. The normalized spacial score (nSPS) is 15.9. The van der Waals surface area contributed by atoms with E-state index in [1.165, 1.54) is 5.56 Å². The van der Waals surface area contributed by atoms with E-state index < -0.39 is 10.1 Å². The SMILES string of the molecule is Cc1ccc(-c2cccc3c2OC(COS(=O)(=O)c2ccc(C)cc2)C3)cc1. The Bertz CT molecular complexity index is 1080. The topological polar surface area (TPSA) is 52.6 Å². The summed E-state index contributed by atoms with van der Waals surface area (Å²) in [6.07, 6.45) is 0.292. The molecule has 0 saturated heterocycles. The fourth-order valence-electron chi connectivity index (χ4n) is 3.33. The Labute approximate surface area is 165 Å². The summed E-state index contributed by atoms with van der Waals surface area (Å²) in [6, 6.07) is 20.9. The molecule has 1 heterocycles. The molecule has 1 aliphatic heterocycles. The Balaban J connectivity index is 1.49. The second kappa shape index (κ2) is 7.41. The number of fused-ring (bicyclic) bond motifs is 1. The molecule has 0 fully saturated rings. The molecule has 1 aliphatic rings. The maximum Gasteiger partial charge on any atom is 0.297 e. The van der Waals surface area contributed by atoms with Gasteiger partial charge in [-0.1, -0.05) is 65.7 Å². The molecule has 0 saturated carbocycles. The van der Waals surface area contributed by atoms with E-state index in [0.29, 0.717) is 6.42 Å². The van der Waals surface area contributed by atoms with E-state index in [-0.39, 0.29) is 17.6 Å². The zero-order valence-corrected chi connectivity index (χ0v) is 16.7. The summed E-state index contributed by atoms with van der Waals surface area (Å²) in [7, 11) is -3.80. The van der Waals surface area contributed by atoms with Crippen molar-refractivity contribution in [1.29, 1.82) is 0 Å². The van der Waals surface area contributed by atoms with E-state index in [1.807, 2.05) is 25.1 Å². The molecule has 1 atom stereocenters. The van der Waals surface area contributed by atoms with Gasteiger partial charge < -0.3 is 4.74 Å². The quantitative estimate of drug-likeness (QED) is 0.590. The minimum Gasteiger partial charge on any atom is -0.487 e. The smallest absolute Gasteiger partial charge is 0.297 e. The molecule has 0 amide bonds. The molecular formula is C23H22O4S. The summed E-state index contributed by atoms with van der Waals surface area (Å²) in [4.78, 5) is 0.161. The predicted molar refractivity (Wildman–Crippen MR) is 109 cm³/mol. The van der Waals surface area contributed by atoms with Gasteiger partial charge in [-0.2, -0.15) is 8.42 Å². The van der Waals surface area contributed by atoms with Gasteiger partial charge in [-0.05, 0) is 37.1 Å². The van der Waals surface area contributed by atoms with Gasteiger partial charge in [0.15, 0.2) is 0 Å². The zero-order valence-electron chi connectivity index (χ0n) is 15.9. The van der Waals surface area contributed by atoms with Crippen LogP contribution in [-0.4, -0.2) is 21.1 Å². The van der Waals surface area contributed by atoms with E-state index >= 15 is 0 Å². The molecule has 1 unspecified atom stereocenters. The van der Waals surface area contributed by atoms with Crippen LogP contribution >= 0.6 is 0 Å². The fraction of sp³-hybridized carbons (Fsp3) is 0.217. The van der Waals surface area contributed by atoms with Crippen LogP contribution in [0.4, 0.5) is 0 Å². The molecule has 4 nitrogen and oxygen atoms in total. The third-order valence-electron chi connectivity index (χ3n) is 4.91. The van der Waals surface area contributed by atoms with Crippen LogP contribution in [0.3, 0.4) is 0 Å². The summed E-state index contributed by atoms with van der Waals surface area (Å²) >= 11 is 0. The van der Waals surface area contributed by atoms with Gasteiger partial charge in [-0.25, -0.2) is 0 Å². The highest BCUT2D eigenvalue weighted by Crippen LogP contribution is 2.39. The number of benzene rings is 3. The molecule has 0 aliphatic carbocycles. The molecule has 3 aromatic carbocycles. The van der Waals surface area contributed by atoms with Gasteiger partial charge in [-0.15, -0.1) is 0 Å². The maximum atomic E-state index is 12.4. The predicted octanol–water partition coefficient (Wildman–Crippen LogP) is 4.68. The second-order valence-corrected chi connectivity index (χ2v) is 8.77. The van der Waals surface area contributed by atoms with Crippen molar-refractivity contribution in [3.8, 4) is 16.9 Å². The lowest BCUT2D eigenvalue weighted by Gasteiger charge is -2.13. The van der Waals surface area contributed by atoms with Crippen molar-refractivity contribution in [1.82, 2.24) is 0 Å². The van der Waals surface area contributed by atoms with Crippen molar-refractivity contribution in [3.05, 3.63) is 83.4 Å². The first-order valence-electron chi connectivity index (χ1n) is 9.24. The summed E-state index contributed by atoms with van der Waals surface area (Å²) in [5.41, 5.74) is 5.36. The van der Waals surface area contributed by atoms with Crippen molar-refractivity contribution in [2.45, 2.75) is 31.3 Å². The lowest BCUT2D eigenvalue weighted by Crippen LogP contribution is -2.23. The minimum absolute atomic E-state index is 0.0156. The van der Waals surface area contributed by atoms with Crippen LogP contribution in [0.25, 0.3) is 11.1 Å². The Morgan fingerprint density at radius 2 is 1.57 bits per heavy atom. The molecule has 5 heteroatoms. The third kappa shape index (κ3) is 3.81. The van der Waals surface area contributed by atoms with Crippen molar-refractivity contribution in [2.75, 3.05) is 6.61 Å². The average molecular weight is 394 g/mol. The van der Waals surface area contributed by atoms with Crippen molar-refractivity contribution in [3.63, 3.8) is 0 Å². The number of aryl methyl sites for hydroxylation is 2. The van der Waals surface area contributed by atoms with Gasteiger partial charge in [0.05, 0.1) is 4.90 Å². The number of hydrogen-bond donors (Lipinski definition) is 0. The molecule has 144 valence electrons. The maximum absolute atomic E-state index is 12.4. The molecule has 0 spiro atoms. The van der Waals surface area contributed by atoms with Crippen LogP contribution < -0.4 is 4.74 Å². The Morgan fingerprint density at radius 1 is 0.929 bits per heavy atom. The molecule has 28 heavy (non-hydrogen) atoms. The Kier molecular flexibility index (Phi) is 4.96. The lowest BCUT2D eigenvalue weighted by molar-refractivity contribution is 0.152. The molecular weight excluding hydrogens is 372 g/mol. The summed E-state index contributed by atoms with van der Waals surface area (Å²) < 4.78 is 36.2. The largest absolute Gasteiger partial charge is 0.487 e. The first kappa shape index (κ1) is 18.7. The van der Waals surface area contributed by atoms with Crippen LogP contribution in [0, 0.1) is 13.8 Å². The Hall–Kier alpha value is -2.63. The number of hydrogen-bond acceptors (Lipinski definition) is 4. The van der Waals surface area contributed by atoms with Gasteiger partial charge in [0.1, 0.15) is 18.5 Å². The van der Waals surface area contributed by atoms with Crippen LogP contribution in [0.2, 0.25) is 0 Å². The van der Waals surface area contributed by atoms with Gasteiger partial charge in [0, 0.05) is 12.0 Å². The Morgan fingerprint density at radius 3 is 2.25 bits per heavy atom. The first-order chi connectivity index (χ1) is 13.4. The minimum atomic E-state index is -3.80. The van der Waals surface area contributed by atoms with Crippen LogP contribution in [-0.2, 0) is 20.7 Å². The fourth-order valence-corrected chi connectivity index (χ4v) is 4.27. The second-order valence-electron chi connectivity index (χ2n) is 7.16. The molecule has 0 aromatic heterocycles. The number of para-hydroxylation sites is 1. The van der Waals surface area contributed by atoms with Gasteiger partial charge in [0.25, 0.3) is 10.1 Å². The standard InChI is InChI=1S/C23H22O4S/c1-16-6-10-18(11-7-16)22-5-3-4-19-14-20(27-23(19)22)15-26-28(24,25)21-12-8-17(2)9-13-21/h3-13,20H,14-15H2,1-2H3. The average Bonchev–Trinajstić information content (AvgIpc) is 3.11. The summed E-state index contributed by atoms with van der Waals surface area (Å²) in [6.45, 7) is 3.95. The van der Waals surface area contributed by atoms with Crippen molar-refractivity contribution < 1.29 is 17.3 Å². The van der Waals surface area contributed by atoms with E-state index in [2.05, 4.69) is 31.2 Å². The first-order valence-corrected chi connectivity index (χ1v) is 10.6. The molecule has 0 bridgehead atoms. The monoisotopic (exact) mass is 394 g/mol. The van der Waals surface area contributed by atoms with Crippen LogP contribution in [0.5, 0.6) is 5.75 Å². The molecule has 0 radical (unpaired) electrons. The van der Waals surface area contributed by atoms with E-state index in [4.69, 9.17) is 8.92 Å². The molecule has 0 N–H and O–H groups in total. The molecule has 4 rings (SSSR count). The van der Waals surface area contributed by atoms with Crippen molar-refractivity contribution >= 4 is 10.1 Å². The highest BCUT2D eigenvalue weighted by Gasteiger charge is 2.28. The van der Waals surface area contributed by atoms with E-state index in [0.717, 1.165) is 28.0 Å². The van der Waals surface area contributed by atoms with Crippen LogP contribution in [0.15, 0.2) is 71.6 Å². The van der Waals surface area contributed by atoms with E-state index in [9.17, 15) is 8.42 Å². The number of ether oxygens (including phenoxy) is 1. The highest BCUT2D eigenvalue weighted by atomic mass is 32.2. The van der Waals surface area contributed by atoms with Crippen molar-refractivity contribution in [2.24, 2.45) is 0 Å². The number of rotatable bonds is 5. The highest BCUT2D eigenvalue weighted by molar-refractivity contribution is 7.86. The van der Waals surface area contributed by atoms with Crippen LogP contribution in [0.1, 0.15) is 16.7 Å². The van der Waals surface area contributed by atoms with Gasteiger partial charge >= 0.3 is 0 Å². The third-order valence-corrected chi connectivity index (χ3v) is 6.21.